The van der Waals surface area contributed by atoms with Crippen LogP contribution in [0.3, 0.4) is 0 Å². The lowest BCUT2D eigenvalue weighted by molar-refractivity contribution is -0.116. The Kier molecular flexibility index (Phi) is 7.29. The zero-order valence-electron chi connectivity index (χ0n) is 15.7. The molecular formula is C21H25N5O2. The second kappa shape index (κ2) is 10.3. The van der Waals surface area contributed by atoms with Crippen LogP contribution in [0.4, 0.5) is 5.69 Å². The number of ether oxygens (including phenoxy) is 1. The zero-order valence-corrected chi connectivity index (χ0v) is 15.7. The predicted octanol–water partition coefficient (Wildman–Crippen LogP) is 2.91. The van der Waals surface area contributed by atoms with Crippen molar-refractivity contribution in [3.63, 3.8) is 0 Å². The van der Waals surface area contributed by atoms with Gasteiger partial charge < -0.3 is 15.8 Å². The van der Waals surface area contributed by atoms with Crippen molar-refractivity contribution in [2.45, 2.75) is 25.8 Å². The van der Waals surface area contributed by atoms with E-state index in [9.17, 15) is 4.79 Å². The summed E-state index contributed by atoms with van der Waals surface area (Å²) in [5.74, 6) is 1.20. The van der Waals surface area contributed by atoms with E-state index >= 15 is 0 Å². The van der Waals surface area contributed by atoms with Gasteiger partial charge in [0.1, 0.15) is 5.82 Å². The van der Waals surface area contributed by atoms with Gasteiger partial charge in [0.15, 0.2) is 5.82 Å². The maximum Gasteiger partial charge on any atom is 0.224 e. The summed E-state index contributed by atoms with van der Waals surface area (Å²) in [5, 5.41) is 9.79. The Bertz CT molecular complexity index is 862. The number of amides is 1. The van der Waals surface area contributed by atoms with Crippen LogP contribution in [0.5, 0.6) is 0 Å². The molecule has 4 N–H and O–H groups in total. The summed E-state index contributed by atoms with van der Waals surface area (Å²) in [6, 6.07) is 17.6. The molecule has 7 nitrogen and oxygen atoms in total. The predicted molar refractivity (Wildman–Crippen MR) is 109 cm³/mol. The second-order valence-electron chi connectivity index (χ2n) is 6.39. The topological polar surface area (TPSA) is 106 Å². The van der Waals surface area contributed by atoms with Crippen molar-refractivity contribution in [1.82, 2.24) is 15.2 Å². The third-order valence-electron chi connectivity index (χ3n) is 4.22. The van der Waals surface area contributed by atoms with E-state index in [0.717, 1.165) is 17.7 Å². The summed E-state index contributed by atoms with van der Waals surface area (Å²) < 4.78 is 5.61. The van der Waals surface area contributed by atoms with Crippen molar-refractivity contribution < 1.29 is 9.53 Å². The number of nitrogens with zero attached hydrogens (tertiary/aromatic N) is 2. The van der Waals surface area contributed by atoms with Crippen LogP contribution >= 0.6 is 0 Å². The van der Waals surface area contributed by atoms with E-state index in [4.69, 9.17) is 10.5 Å². The number of hydrogen-bond acceptors (Lipinski definition) is 5. The van der Waals surface area contributed by atoms with Gasteiger partial charge in [-0.1, -0.05) is 30.3 Å². The Balaban J connectivity index is 1.34. The SMILES string of the molecule is NCc1nc(-c2ccc(NC(=O)CCCOCCc3ccccc3)cc2)n[nH]1. The van der Waals surface area contributed by atoms with Crippen molar-refractivity contribution >= 4 is 11.6 Å². The maximum atomic E-state index is 12.1. The molecule has 3 rings (SSSR count). The molecule has 0 atom stereocenters. The summed E-state index contributed by atoms with van der Waals surface area (Å²) in [4.78, 5) is 16.3. The molecule has 1 heterocycles. The molecule has 3 aromatic rings. The smallest absolute Gasteiger partial charge is 0.224 e. The third kappa shape index (κ3) is 6.00. The molecule has 1 aromatic heterocycles. The lowest BCUT2D eigenvalue weighted by Gasteiger charge is -2.07. The minimum Gasteiger partial charge on any atom is -0.381 e. The summed E-state index contributed by atoms with van der Waals surface area (Å²) in [7, 11) is 0. The molecule has 0 saturated heterocycles. The third-order valence-corrected chi connectivity index (χ3v) is 4.22. The number of carbonyl (C=O) groups is 1. The van der Waals surface area contributed by atoms with Gasteiger partial charge in [-0.25, -0.2) is 4.98 Å². The fraction of sp³-hybridized carbons (Fsp3) is 0.286. The first-order chi connectivity index (χ1) is 13.7. The van der Waals surface area contributed by atoms with E-state index < -0.39 is 0 Å². The average Bonchev–Trinajstić information content (AvgIpc) is 3.21. The van der Waals surface area contributed by atoms with Gasteiger partial charge in [-0.3, -0.25) is 9.89 Å². The van der Waals surface area contributed by atoms with Crippen molar-refractivity contribution in [3.05, 3.63) is 66.0 Å². The van der Waals surface area contributed by atoms with Crippen LogP contribution in [0.1, 0.15) is 24.2 Å². The van der Waals surface area contributed by atoms with Crippen LogP contribution in [0.2, 0.25) is 0 Å². The number of hydrogen-bond donors (Lipinski definition) is 3. The summed E-state index contributed by atoms with van der Waals surface area (Å²) >= 11 is 0. The number of H-pyrrole nitrogens is 1. The summed E-state index contributed by atoms with van der Waals surface area (Å²) in [5.41, 5.74) is 8.39. The first-order valence-electron chi connectivity index (χ1n) is 9.38. The van der Waals surface area contributed by atoms with Crippen LogP contribution in [-0.4, -0.2) is 34.3 Å². The molecule has 146 valence electrons. The standard InChI is InChI=1S/C21H25N5O2/c22-15-19-24-21(26-25-19)17-8-10-18(11-9-17)23-20(27)7-4-13-28-14-12-16-5-2-1-3-6-16/h1-3,5-6,8-11H,4,7,12-15,22H2,(H,23,27)(H,24,25,26). The monoisotopic (exact) mass is 379 g/mol. The normalized spacial score (nSPS) is 10.8. The Morgan fingerprint density at radius 2 is 1.86 bits per heavy atom. The van der Waals surface area contributed by atoms with Gasteiger partial charge in [0.2, 0.25) is 5.91 Å². The number of nitrogens with two attached hydrogens (primary N) is 1. The number of benzene rings is 2. The van der Waals surface area contributed by atoms with Crippen LogP contribution in [-0.2, 0) is 22.5 Å². The molecule has 0 aliphatic heterocycles. The van der Waals surface area contributed by atoms with E-state index in [-0.39, 0.29) is 5.91 Å². The van der Waals surface area contributed by atoms with Crippen LogP contribution < -0.4 is 11.1 Å². The minimum atomic E-state index is -0.0253. The molecule has 0 bridgehead atoms. The summed E-state index contributed by atoms with van der Waals surface area (Å²) in [6.45, 7) is 1.56. The van der Waals surface area contributed by atoms with E-state index in [2.05, 4.69) is 32.6 Å². The number of aromatic nitrogens is 3. The van der Waals surface area contributed by atoms with E-state index in [1.54, 1.807) is 0 Å². The molecule has 0 saturated carbocycles. The molecule has 28 heavy (non-hydrogen) atoms. The molecular weight excluding hydrogens is 354 g/mol. The van der Waals surface area contributed by atoms with Gasteiger partial charge in [0.05, 0.1) is 13.2 Å². The number of anilines is 1. The Morgan fingerprint density at radius 1 is 1.07 bits per heavy atom. The fourth-order valence-corrected chi connectivity index (χ4v) is 2.71. The van der Waals surface area contributed by atoms with Crippen LogP contribution in [0, 0.1) is 0 Å². The minimum absolute atomic E-state index is 0.0253. The Hall–Kier alpha value is -3.03. The largest absolute Gasteiger partial charge is 0.381 e. The highest BCUT2D eigenvalue weighted by atomic mass is 16.5. The molecule has 2 aromatic carbocycles. The van der Waals surface area contributed by atoms with Crippen molar-refractivity contribution in [2.75, 3.05) is 18.5 Å². The molecule has 7 heteroatoms. The first-order valence-corrected chi connectivity index (χ1v) is 9.38. The van der Waals surface area contributed by atoms with Gasteiger partial charge in [0, 0.05) is 24.3 Å². The number of nitrogens with one attached hydrogen (secondary N) is 2. The maximum absolute atomic E-state index is 12.1. The van der Waals surface area contributed by atoms with Gasteiger partial charge in [-0.2, -0.15) is 5.10 Å². The average molecular weight is 379 g/mol. The number of aromatic amines is 1. The quantitative estimate of drug-likeness (QED) is 0.470. The van der Waals surface area contributed by atoms with Gasteiger partial charge >= 0.3 is 0 Å². The molecule has 0 unspecified atom stereocenters. The Morgan fingerprint density at radius 3 is 2.57 bits per heavy atom. The van der Waals surface area contributed by atoms with E-state index in [0.29, 0.717) is 44.2 Å². The molecule has 0 fully saturated rings. The van der Waals surface area contributed by atoms with Crippen molar-refractivity contribution in [2.24, 2.45) is 5.73 Å². The number of rotatable bonds is 10. The second-order valence-corrected chi connectivity index (χ2v) is 6.39. The lowest BCUT2D eigenvalue weighted by atomic mass is 10.2. The molecule has 0 aliphatic carbocycles. The first kappa shape index (κ1) is 19.7. The molecule has 0 radical (unpaired) electrons. The van der Waals surface area contributed by atoms with Crippen molar-refractivity contribution in [1.29, 1.82) is 0 Å². The number of carbonyl (C=O) groups excluding carboxylic acids is 1. The highest BCUT2D eigenvalue weighted by Gasteiger charge is 2.06. The highest BCUT2D eigenvalue weighted by molar-refractivity contribution is 5.90. The van der Waals surface area contributed by atoms with E-state index in [1.165, 1.54) is 5.56 Å². The van der Waals surface area contributed by atoms with Gasteiger partial charge in [-0.15, -0.1) is 0 Å². The summed E-state index contributed by atoms with van der Waals surface area (Å²) in [6.07, 6.45) is 2.00. The molecule has 1 amide bonds. The Labute approximate surface area is 164 Å². The fourth-order valence-electron chi connectivity index (χ4n) is 2.71. The van der Waals surface area contributed by atoms with Crippen LogP contribution in [0.15, 0.2) is 54.6 Å². The highest BCUT2D eigenvalue weighted by Crippen LogP contribution is 2.18. The lowest BCUT2D eigenvalue weighted by Crippen LogP contribution is -2.12. The van der Waals surface area contributed by atoms with Crippen LogP contribution in [0.25, 0.3) is 11.4 Å². The zero-order chi connectivity index (χ0) is 19.6. The van der Waals surface area contributed by atoms with Gasteiger partial charge in [-0.05, 0) is 42.7 Å². The molecule has 0 spiro atoms. The van der Waals surface area contributed by atoms with E-state index in [1.807, 2.05) is 42.5 Å². The van der Waals surface area contributed by atoms with Gasteiger partial charge in [0.25, 0.3) is 0 Å². The van der Waals surface area contributed by atoms with Crippen molar-refractivity contribution in [3.8, 4) is 11.4 Å². The molecule has 0 aliphatic rings.